The van der Waals surface area contributed by atoms with Gasteiger partial charge in [0.05, 0.1) is 0 Å². The van der Waals surface area contributed by atoms with E-state index in [0.717, 1.165) is 54.8 Å². The van der Waals surface area contributed by atoms with Crippen LogP contribution in [0.25, 0.3) is 0 Å². The molecule has 0 amide bonds. The lowest BCUT2D eigenvalue weighted by molar-refractivity contribution is -0.151. The molecule has 4 aliphatic rings. The number of rotatable bonds is 22. The molecule has 0 saturated heterocycles. The van der Waals surface area contributed by atoms with Crippen LogP contribution in [0.15, 0.2) is 11.6 Å². The van der Waals surface area contributed by atoms with Gasteiger partial charge in [-0.15, -0.1) is 0 Å². The minimum atomic E-state index is 0.0653. The van der Waals surface area contributed by atoms with E-state index in [-0.39, 0.29) is 12.1 Å². The van der Waals surface area contributed by atoms with Crippen molar-refractivity contribution in [1.82, 2.24) is 0 Å². The van der Waals surface area contributed by atoms with E-state index >= 15 is 0 Å². The first-order valence-electron chi connectivity index (χ1n) is 21.6. The molecule has 4 rings (SSSR count). The number of esters is 1. The van der Waals surface area contributed by atoms with E-state index < -0.39 is 0 Å². The van der Waals surface area contributed by atoms with Crippen LogP contribution in [-0.2, 0) is 9.53 Å². The molecule has 0 unspecified atom stereocenters. The molecule has 3 fully saturated rings. The van der Waals surface area contributed by atoms with E-state index in [2.05, 4.69) is 47.6 Å². The molecular weight excluding hydrogens is 573 g/mol. The number of unbranched alkanes of at least 4 members (excludes halogenated alkanes) is 14. The number of fused-ring (bicyclic) bond motifs is 5. The van der Waals surface area contributed by atoms with Crippen molar-refractivity contribution in [2.45, 2.75) is 221 Å². The quantitative estimate of drug-likeness (QED) is 0.0503. The number of carbonyl (C=O) groups is 1. The normalized spacial score (nSPS) is 32.4. The van der Waals surface area contributed by atoms with Gasteiger partial charge in [0.15, 0.2) is 0 Å². The highest BCUT2D eigenvalue weighted by atomic mass is 16.6. The van der Waals surface area contributed by atoms with Crippen LogP contribution in [0.4, 0.5) is 0 Å². The monoisotopic (exact) mass is 654 g/mol. The van der Waals surface area contributed by atoms with Crippen LogP contribution in [0.3, 0.4) is 0 Å². The third-order valence-electron chi connectivity index (χ3n) is 14.5. The zero-order valence-corrected chi connectivity index (χ0v) is 32.5. The summed E-state index contributed by atoms with van der Waals surface area (Å²) in [4.78, 5) is 12.8. The molecule has 0 aromatic heterocycles. The van der Waals surface area contributed by atoms with Crippen molar-refractivity contribution >= 4 is 5.97 Å². The van der Waals surface area contributed by atoms with E-state index in [1.165, 1.54) is 148 Å². The van der Waals surface area contributed by atoms with Gasteiger partial charge in [0, 0.05) is 12.8 Å². The van der Waals surface area contributed by atoms with Gasteiger partial charge >= 0.3 is 5.97 Å². The van der Waals surface area contributed by atoms with Crippen LogP contribution >= 0.6 is 0 Å². The van der Waals surface area contributed by atoms with Crippen LogP contribution < -0.4 is 0 Å². The average molecular weight is 654 g/mol. The van der Waals surface area contributed by atoms with Crippen LogP contribution in [0, 0.1) is 46.3 Å². The van der Waals surface area contributed by atoms with Gasteiger partial charge in [0.1, 0.15) is 6.10 Å². The molecule has 0 heterocycles. The summed E-state index contributed by atoms with van der Waals surface area (Å²) in [7, 11) is 0. The van der Waals surface area contributed by atoms with Crippen molar-refractivity contribution in [3.63, 3.8) is 0 Å². The second-order valence-electron chi connectivity index (χ2n) is 18.3. The number of hydrogen-bond donors (Lipinski definition) is 0. The van der Waals surface area contributed by atoms with Crippen molar-refractivity contribution in [2.24, 2.45) is 46.3 Å². The molecule has 0 bridgehead atoms. The maximum Gasteiger partial charge on any atom is 0.306 e. The van der Waals surface area contributed by atoms with Crippen LogP contribution in [0.1, 0.15) is 215 Å². The van der Waals surface area contributed by atoms with E-state index in [4.69, 9.17) is 4.74 Å². The summed E-state index contributed by atoms with van der Waals surface area (Å²) in [5.74, 6) is 5.34. The maximum absolute atomic E-state index is 12.8. The summed E-state index contributed by atoms with van der Waals surface area (Å²) in [6, 6.07) is 0. The highest BCUT2D eigenvalue weighted by Crippen LogP contribution is 2.67. The van der Waals surface area contributed by atoms with Crippen molar-refractivity contribution in [1.29, 1.82) is 0 Å². The highest BCUT2D eigenvalue weighted by molar-refractivity contribution is 5.69. The Kier molecular flexibility index (Phi) is 16.2. The number of hydrogen-bond acceptors (Lipinski definition) is 2. The van der Waals surface area contributed by atoms with Crippen molar-refractivity contribution in [3.8, 4) is 0 Å². The molecule has 0 aliphatic heterocycles. The molecule has 2 heteroatoms. The summed E-state index contributed by atoms with van der Waals surface area (Å²) < 4.78 is 6.13. The SMILES string of the molecule is CCCCCCCCCCCCCCCCCC(=O)O[13C@H]1CC[C@@]2(C)C(=CC[C@H]3[C@@H]4CC[C@H]([C@H](C)CCCC(C)C)[C@@]4(C)CC[C@@H]32)C1. The summed E-state index contributed by atoms with van der Waals surface area (Å²) in [5.41, 5.74) is 2.54. The molecule has 0 N–H and O–H groups in total. The molecule has 0 aromatic carbocycles. The number of allylic oxidation sites excluding steroid dienone is 1. The fraction of sp³-hybridized carbons (Fsp3) is 0.933. The van der Waals surface area contributed by atoms with Gasteiger partial charge in [0.25, 0.3) is 0 Å². The molecule has 8 atom stereocenters. The summed E-state index contributed by atoms with van der Waals surface area (Å²) in [6.07, 6.45) is 38.4. The van der Waals surface area contributed by atoms with Crippen molar-refractivity contribution in [2.75, 3.05) is 0 Å². The topological polar surface area (TPSA) is 26.3 Å². The van der Waals surface area contributed by atoms with Gasteiger partial charge in [-0.1, -0.05) is 162 Å². The van der Waals surface area contributed by atoms with Crippen molar-refractivity contribution in [3.05, 3.63) is 11.6 Å². The molecule has 272 valence electrons. The lowest BCUT2D eigenvalue weighted by atomic mass is 9.47. The van der Waals surface area contributed by atoms with Crippen molar-refractivity contribution < 1.29 is 9.53 Å². The average Bonchev–Trinajstić information content (AvgIpc) is 3.40. The first-order chi connectivity index (χ1) is 22.7. The van der Waals surface area contributed by atoms with E-state index in [1.807, 2.05) is 0 Å². The Morgan fingerprint density at radius 3 is 1.98 bits per heavy atom. The molecular formula is C45H80O2. The van der Waals surface area contributed by atoms with Gasteiger partial charge in [-0.25, -0.2) is 0 Å². The first kappa shape index (κ1) is 39.0. The lowest BCUT2D eigenvalue weighted by Gasteiger charge is -2.58. The second kappa shape index (κ2) is 19.6. The zero-order chi connectivity index (χ0) is 33.7. The van der Waals surface area contributed by atoms with E-state index in [0.29, 0.717) is 17.3 Å². The molecule has 0 spiro atoms. The summed E-state index contributed by atoms with van der Waals surface area (Å²) >= 11 is 0. The largest absolute Gasteiger partial charge is 0.462 e. The minimum absolute atomic E-state index is 0.0653. The maximum atomic E-state index is 12.8. The Bertz CT molecular complexity index is 934. The molecule has 47 heavy (non-hydrogen) atoms. The highest BCUT2D eigenvalue weighted by Gasteiger charge is 2.59. The predicted molar refractivity (Wildman–Crippen MR) is 202 cm³/mol. The summed E-state index contributed by atoms with van der Waals surface area (Å²) in [6.45, 7) is 15.0. The van der Waals surface area contributed by atoms with Crippen LogP contribution in [-0.4, -0.2) is 12.1 Å². The fourth-order valence-electron chi connectivity index (χ4n) is 11.6. The first-order valence-corrected chi connectivity index (χ1v) is 21.6. The molecule has 4 aliphatic carbocycles. The predicted octanol–water partition coefficient (Wildman–Crippen LogP) is 14.2. The fourth-order valence-corrected chi connectivity index (χ4v) is 11.6. The molecule has 0 aromatic rings. The Morgan fingerprint density at radius 2 is 1.36 bits per heavy atom. The Balaban J connectivity index is 1.10. The Morgan fingerprint density at radius 1 is 0.745 bits per heavy atom. The van der Waals surface area contributed by atoms with Gasteiger partial charge in [-0.05, 0) is 97.7 Å². The molecule has 0 radical (unpaired) electrons. The zero-order valence-electron chi connectivity index (χ0n) is 32.5. The Labute approximate surface area is 293 Å². The number of carbonyl (C=O) groups excluding carboxylic acids is 1. The van der Waals surface area contributed by atoms with Gasteiger partial charge < -0.3 is 4.74 Å². The van der Waals surface area contributed by atoms with Crippen LogP contribution in [0.2, 0.25) is 0 Å². The minimum Gasteiger partial charge on any atom is -0.462 e. The van der Waals surface area contributed by atoms with Gasteiger partial charge in [-0.3, -0.25) is 4.79 Å². The lowest BCUT2D eigenvalue weighted by Crippen LogP contribution is -2.51. The van der Waals surface area contributed by atoms with E-state index in [9.17, 15) is 4.79 Å². The smallest absolute Gasteiger partial charge is 0.306 e. The Hall–Kier alpha value is -0.790. The molecule has 2 nitrogen and oxygen atoms in total. The van der Waals surface area contributed by atoms with Gasteiger partial charge in [0.2, 0.25) is 0 Å². The standard InChI is InChI=1S/C45H80O2/c1-7-8-9-10-11-12-13-14-15-16-17-18-19-20-21-25-43(46)47-38-30-32-44(5)37(34-38)26-27-39-41-29-28-40(36(4)24-22-23-35(2)3)45(41,6)33-31-42(39)44/h26,35-36,38-42H,7-25,27-34H2,1-6H3/t36-,38+,39+,40-,41+,42+,44+,45-/m1/s1/i38+1. The number of ether oxygens (including phenoxy) is 1. The summed E-state index contributed by atoms with van der Waals surface area (Å²) in [5, 5.41) is 0. The van der Waals surface area contributed by atoms with Gasteiger partial charge in [-0.2, -0.15) is 0 Å². The van der Waals surface area contributed by atoms with E-state index in [1.54, 1.807) is 5.57 Å². The molecule has 3 saturated carbocycles. The van der Waals surface area contributed by atoms with Crippen LogP contribution in [0.5, 0.6) is 0 Å². The third-order valence-corrected chi connectivity index (χ3v) is 14.5. The second-order valence-corrected chi connectivity index (χ2v) is 18.3. The third kappa shape index (κ3) is 10.8.